The van der Waals surface area contributed by atoms with Crippen LogP contribution in [0.3, 0.4) is 0 Å². The zero-order valence-electron chi connectivity index (χ0n) is 13.2. The third kappa shape index (κ3) is 3.75. The molecular formula is C17H23NO4S. The summed E-state index contributed by atoms with van der Waals surface area (Å²) in [6.07, 6.45) is 3.05. The van der Waals surface area contributed by atoms with E-state index >= 15 is 0 Å². The van der Waals surface area contributed by atoms with Gasteiger partial charge in [-0.15, -0.1) is 0 Å². The minimum Gasteiger partial charge on any atom is -0.381 e. The van der Waals surface area contributed by atoms with Crippen LogP contribution in [0.2, 0.25) is 0 Å². The number of fused-ring (bicyclic) bond motifs is 1. The summed E-state index contributed by atoms with van der Waals surface area (Å²) in [5.74, 6) is -0.150. The van der Waals surface area contributed by atoms with Crippen LogP contribution in [-0.4, -0.2) is 45.1 Å². The highest BCUT2D eigenvalue weighted by Crippen LogP contribution is 2.27. The molecule has 1 fully saturated rings. The third-order valence-electron chi connectivity index (χ3n) is 4.69. The number of anilines is 1. The summed E-state index contributed by atoms with van der Waals surface area (Å²) in [5.41, 5.74) is 2.10. The van der Waals surface area contributed by atoms with E-state index < -0.39 is 9.84 Å². The molecule has 126 valence electrons. The van der Waals surface area contributed by atoms with Crippen LogP contribution < -0.4 is 4.90 Å². The van der Waals surface area contributed by atoms with Crippen LogP contribution in [-0.2, 0) is 25.8 Å². The lowest BCUT2D eigenvalue weighted by Crippen LogP contribution is -2.37. The van der Waals surface area contributed by atoms with Gasteiger partial charge in [0.25, 0.3) is 0 Å². The normalized spacial score (nSPS) is 19.4. The van der Waals surface area contributed by atoms with Crippen LogP contribution in [0.1, 0.15) is 31.2 Å². The minimum atomic E-state index is -3.22. The first kappa shape index (κ1) is 16.5. The van der Waals surface area contributed by atoms with E-state index in [-0.39, 0.29) is 23.3 Å². The Balaban J connectivity index is 1.64. The standard InChI is InChI=1S/C17H23NO4S/c19-17(9-13-23(20,21)15-7-11-22-12-8-15)18-10-3-5-14-4-1-2-6-16(14)18/h1-2,4,6,15H,3,5,7-13H2. The first-order valence-electron chi connectivity index (χ1n) is 8.25. The van der Waals surface area contributed by atoms with Crippen molar-refractivity contribution in [2.24, 2.45) is 0 Å². The lowest BCUT2D eigenvalue weighted by molar-refractivity contribution is -0.118. The second-order valence-corrected chi connectivity index (χ2v) is 8.61. The van der Waals surface area contributed by atoms with Crippen molar-refractivity contribution in [1.29, 1.82) is 0 Å². The average molecular weight is 337 g/mol. The Morgan fingerprint density at radius 3 is 2.74 bits per heavy atom. The zero-order valence-corrected chi connectivity index (χ0v) is 14.1. The summed E-state index contributed by atoms with van der Waals surface area (Å²) in [4.78, 5) is 14.3. The molecule has 23 heavy (non-hydrogen) atoms. The molecule has 0 N–H and O–H groups in total. The second-order valence-electron chi connectivity index (χ2n) is 6.21. The molecule has 0 spiro atoms. The molecule has 2 heterocycles. The first-order chi connectivity index (χ1) is 11.1. The van der Waals surface area contributed by atoms with Crippen LogP contribution in [0.25, 0.3) is 0 Å². The molecule has 0 aliphatic carbocycles. The number of sulfone groups is 1. The molecule has 0 aromatic heterocycles. The molecule has 0 bridgehead atoms. The molecule has 1 aromatic carbocycles. The number of carbonyl (C=O) groups excluding carboxylic acids is 1. The second kappa shape index (κ2) is 7.01. The van der Waals surface area contributed by atoms with E-state index in [0.29, 0.717) is 32.6 Å². The predicted molar refractivity (Wildman–Crippen MR) is 89.4 cm³/mol. The van der Waals surface area contributed by atoms with E-state index in [9.17, 15) is 13.2 Å². The number of hydrogen-bond donors (Lipinski definition) is 0. The number of para-hydroxylation sites is 1. The van der Waals surface area contributed by atoms with Crippen molar-refractivity contribution in [3.8, 4) is 0 Å². The number of rotatable bonds is 4. The largest absolute Gasteiger partial charge is 0.381 e. The number of aryl methyl sites for hydroxylation is 1. The van der Waals surface area contributed by atoms with Gasteiger partial charge >= 0.3 is 0 Å². The fourth-order valence-corrected chi connectivity index (χ4v) is 5.06. The van der Waals surface area contributed by atoms with Crippen molar-refractivity contribution >= 4 is 21.4 Å². The maximum Gasteiger partial charge on any atom is 0.228 e. The van der Waals surface area contributed by atoms with Crippen LogP contribution in [0.5, 0.6) is 0 Å². The van der Waals surface area contributed by atoms with E-state index in [1.165, 1.54) is 5.56 Å². The van der Waals surface area contributed by atoms with Crippen molar-refractivity contribution in [3.63, 3.8) is 0 Å². The molecule has 5 nitrogen and oxygen atoms in total. The van der Waals surface area contributed by atoms with Crippen LogP contribution in [0, 0.1) is 0 Å². The average Bonchev–Trinajstić information content (AvgIpc) is 2.60. The summed E-state index contributed by atoms with van der Waals surface area (Å²) in [7, 11) is -3.22. The summed E-state index contributed by atoms with van der Waals surface area (Å²) < 4.78 is 30.0. The number of carbonyl (C=O) groups is 1. The molecule has 0 unspecified atom stereocenters. The van der Waals surface area contributed by atoms with Gasteiger partial charge in [-0.2, -0.15) is 0 Å². The number of ether oxygens (including phenoxy) is 1. The Morgan fingerprint density at radius 1 is 1.22 bits per heavy atom. The fourth-order valence-electron chi connectivity index (χ4n) is 3.36. The molecule has 0 atom stereocenters. The van der Waals surface area contributed by atoms with Gasteiger partial charge in [0.2, 0.25) is 5.91 Å². The van der Waals surface area contributed by atoms with Gasteiger partial charge in [-0.1, -0.05) is 18.2 Å². The maximum atomic E-state index is 12.5. The molecule has 0 radical (unpaired) electrons. The Kier molecular flexibility index (Phi) is 5.02. The van der Waals surface area contributed by atoms with Gasteiger partial charge < -0.3 is 9.64 Å². The van der Waals surface area contributed by atoms with Gasteiger partial charge in [-0.25, -0.2) is 8.42 Å². The lowest BCUT2D eigenvalue weighted by atomic mass is 10.0. The minimum absolute atomic E-state index is 0.0604. The highest BCUT2D eigenvalue weighted by molar-refractivity contribution is 7.92. The Labute approximate surface area is 137 Å². The predicted octanol–water partition coefficient (Wildman–Crippen LogP) is 1.95. The molecule has 2 aliphatic rings. The highest BCUT2D eigenvalue weighted by Gasteiger charge is 2.29. The Morgan fingerprint density at radius 2 is 1.96 bits per heavy atom. The van der Waals surface area contributed by atoms with E-state index in [1.807, 2.05) is 24.3 Å². The summed E-state index contributed by atoms with van der Waals surface area (Å²) in [6.45, 7) is 1.67. The smallest absolute Gasteiger partial charge is 0.228 e. The van der Waals surface area contributed by atoms with E-state index in [4.69, 9.17) is 4.74 Å². The van der Waals surface area contributed by atoms with Gasteiger partial charge in [0.05, 0.1) is 11.0 Å². The van der Waals surface area contributed by atoms with Gasteiger partial charge in [0, 0.05) is 31.9 Å². The molecule has 6 heteroatoms. The van der Waals surface area contributed by atoms with Crippen LogP contribution in [0.15, 0.2) is 24.3 Å². The number of benzene rings is 1. The molecular weight excluding hydrogens is 314 g/mol. The first-order valence-corrected chi connectivity index (χ1v) is 9.97. The van der Waals surface area contributed by atoms with E-state index in [0.717, 1.165) is 18.5 Å². The van der Waals surface area contributed by atoms with E-state index in [1.54, 1.807) is 4.90 Å². The number of amides is 1. The Hall–Kier alpha value is -1.40. The third-order valence-corrected chi connectivity index (χ3v) is 6.95. The quantitative estimate of drug-likeness (QED) is 0.842. The monoisotopic (exact) mass is 337 g/mol. The summed E-state index contributed by atoms with van der Waals surface area (Å²) in [5, 5.41) is -0.349. The zero-order chi connectivity index (χ0) is 16.3. The van der Waals surface area contributed by atoms with Gasteiger partial charge in [0.1, 0.15) is 0 Å². The summed E-state index contributed by atoms with van der Waals surface area (Å²) >= 11 is 0. The maximum absolute atomic E-state index is 12.5. The lowest BCUT2D eigenvalue weighted by Gasteiger charge is -2.30. The molecule has 1 aromatic rings. The van der Waals surface area contributed by atoms with E-state index in [2.05, 4.69) is 0 Å². The van der Waals surface area contributed by atoms with Crippen LogP contribution >= 0.6 is 0 Å². The molecule has 2 aliphatic heterocycles. The Bertz CT molecular complexity index is 665. The van der Waals surface area contributed by atoms with Gasteiger partial charge in [0.15, 0.2) is 9.84 Å². The SMILES string of the molecule is O=C(CCS(=O)(=O)C1CCOCC1)N1CCCc2ccccc21. The van der Waals surface area contributed by atoms with Crippen molar-refractivity contribution < 1.29 is 17.9 Å². The summed E-state index contributed by atoms with van der Waals surface area (Å²) in [6, 6.07) is 7.87. The fraction of sp³-hybridized carbons (Fsp3) is 0.588. The van der Waals surface area contributed by atoms with Crippen molar-refractivity contribution in [3.05, 3.63) is 29.8 Å². The molecule has 3 rings (SSSR count). The molecule has 1 saturated heterocycles. The van der Waals surface area contributed by atoms with Gasteiger partial charge in [-0.3, -0.25) is 4.79 Å². The molecule has 0 saturated carbocycles. The van der Waals surface area contributed by atoms with Gasteiger partial charge in [-0.05, 0) is 37.3 Å². The highest BCUT2D eigenvalue weighted by atomic mass is 32.2. The van der Waals surface area contributed by atoms with Crippen molar-refractivity contribution in [1.82, 2.24) is 0 Å². The van der Waals surface area contributed by atoms with Crippen LogP contribution in [0.4, 0.5) is 5.69 Å². The van der Waals surface area contributed by atoms with Crippen molar-refractivity contribution in [2.75, 3.05) is 30.4 Å². The number of nitrogens with zero attached hydrogens (tertiary/aromatic N) is 1. The van der Waals surface area contributed by atoms with Crippen molar-refractivity contribution in [2.45, 2.75) is 37.4 Å². The molecule has 1 amide bonds. The topological polar surface area (TPSA) is 63.7 Å². The number of hydrogen-bond acceptors (Lipinski definition) is 4.